The smallest absolute Gasteiger partial charge is 0.416 e. The molecule has 0 unspecified atom stereocenters. The fourth-order valence-corrected chi connectivity index (χ4v) is 5.38. The monoisotopic (exact) mass is 549 g/mol. The van der Waals surface area contributed by atoms with Gasteiger partial charge in [-0.15, -0.1) is 0 Å². The van der Waals surface area contributed by atoms with Crippen LogP contribution in [0, 0.1) is 0 Å². The molecule has 0 aliphatic carbocycles. The van der Waals surface area contributed by atoms with Gasteiger partial charge in [-0.2, -0.15) is 13.2 Å². The molecule has 0 radical (unpaired) electrons. The Morgan fingerprint density at radius 1 is 0.921 bits per heavy atom. The number of sulfone groups is 1. The van der Waals surface area contributed by atoms with Crippen molar-refractivity contribution < 1.29 is 31.4 Å². The van der Waals surface area contributed by atoms with E-state index in [2.05, 4.69) is 18.7 Å². The van der Waals surface area contributed by atoms with Gasteiger partial charge < -0.3 is 9.84 Å². The molecule has 0 fully saturated rings. The van der Waals surface area contributed by atoms with Crippen LogP contribution in [-0.4, -0.2) is 44.4 Å². The quantitative estimate of drug-likeness (QED) is 0.287. The first-order valence-electron chi connectivity index (χ1n) is 12.3. The Bertz CT molecular complexity index is 1310. The molecule has 3 rings (SSSR count). The molecule has 0 aliphatic rings. The number of aliphatic hydroxyl groups excluding tert-OH is 1. The fraction of sp³-hybridized carbons (Fsp3) is 0.379. The minimum Gasteiger partial charge on any atom is -0.494 e. The summed E-state index contributed by atoms with van der Waals surface area (Å²) >= 11 is 0. The van der Waals surface area contributed by atoms with Crippen LogP contribution in [0.3, 0.4) is 0 Å². The predicted octanol–water partition coefficient (Wildman–Crippen LogP) is 5.85. The molecule has 9 heteroatoms. The highest BCUT2D eigenvalue weighted by molar-refractivity contribution is 7.90. The summed E-state index contributed by atoms with van der Waals surface area (Å²) in [7, 11) is -3.54. The number of nitrogens with zero attached hydrogens (tertiary/aromatic N) is 1. The Hall–Kier alpha value is -2.88. The van der Waals surface area contributed by atoms with E-state index in [1.54, 1.807) is 12.1 Å². The van der Waals surface area contributed by atoms with Crippen LogP contribution in [0.2, 0.25) is 0 Å². The van der Waals surface area contributed by atoms with Crippen LogP contribution in [0.25, 0.3) is 0 Å². The van der Waals surface area contributed by atoms with Crippen molar-refractivity contribution >= 4 is 9.84 Å². The first-order valence-corrected chi connectivity index (χ1v) is 14.2. The van der Waals surface area contributed by atoms with Crippen LogP contribution < -0.4 is 4.74 Å². The second-order valence-corrected chi connectivity index (χ2v) is 12.0. The molecule has 206 valence electrons. The molecule has 0 heterocycles. The summed E-state index contributed by atoms with van der Waals surface area (Å²) in [6.45, 7) is 5.60. The summed E-state index contributed by atoms with van der Waals surface area (Å²) in [5.74, 6) is 0.372. The summed E-state index contributed by atoms with van der Waals surface area (Å²) in [5.41, 5.74) is 1.07. The van der Waals surface area contributed by atoms with E-state index in [1.807, 2.05) is 30.3 Å². The normalized spacial score (nSPS) is 12.6. The minimum atomic E-state index is -4.41. The van der Waals surface area contributed by atoms with E-state index in [0.717, 1.165) is 17.9 Å². The molecule has 0 bridgehead atoms. The van der Waals surface area contributed by atoms with Gasteiger partial charge in [-0.05, 0) is 41.3 Å². The van der Waals surface area contributed by atoms with Gasteiger partial charge in [-0.3, -0.25) is 4.90 Å². The molecule has 0 spiro atoms. The Balaban J connectivity index is 1.73. The van der Waals surface area contributed by atoms with Crippen molar-refractivity contribution in [3.8, 4) is 5.75 Å². The highest BCUT2D eigenvalue weighted by atomic mass is 32.2. The molecule has 3 aromatic carbocycles. The lowest BCUT2D eigenvalue weighted by atomic mass is 9.84. The van der Waals surface area contributed by atoms with E-state index < -0.39 is 28.2 Å². The van der Waals surface area contributed by atoms with E-state index in [1.165, 1.54) is 24.3 Å². The number of ether oxygens (including phenoxy) is 1. The Morgan fingerprint density at radius 2 is 1.61 bits per heavy atom. The standard InChI is InChI=1S/C29H34F3NO4S/c1-28(2,24-10-5-4-6-11-24)21-33(19-22-9-7-12-25(17-22)29(30,31)32)15-8-16-37-26-14-13-23(20-34)27(18-26)38(3,35)36/h4-7,9-14,17-18,34H,8,15-16,19-21H2,1-3H3. The molecule has 0 aromatic heterocycles. The third-order valence-corrected chi connectivity index (χ3v) is 7.51. The van der Waals surface area contributed by atoms with Crippen molar-refractivity contribution in [1.29, 1.82) is 0 Å². The Labute approximate surface area is 222 Å². The van der Waals surface area contributed by atoms with Crippen molar-refractivity contribution in [3.05, 3.63) is 95.1 Å². The molecule has 0 amide bonds. The maximum atomic E-state index is 13.3. The Morgan fingerprint density at radius 3 is 2.24 bits per heavy atom. The van der Waals surface area contributed by atoms with Crippen molar-refractivity contribution in [1.82, 2.24) is 4.90 Å². The second kappa shape index (κ2) is 12.3. The predicted molar refractivity (Wildman–Crippen MR) is 142 cm³/mol. The molecule has 1 N–H and O–H groups in total. The number of benzene rings is 3. The summed E-state index contributed by atoms with van der Waals surface area (Å²) in [6.07, 6.45) is -2.76. The van der Waals surface area contributed by atoms with Gasteiger partial charge in [-0.25, -0.2) is 8.42 Å². The highest BCUT2D eigenvalue weighted by Crippen LogP contribution is 2.30. The van der Waals surface area contributed by atoms with Gasteiger partial charge >= 0.3 is 6.18 Å². The van der Waals surface area contributed by atoms with Gasteiger partial charge in [0.05, 0.1) is 23.7 Å². The number of halogens is 3. The van der Waals surface area contributed by atoms with E-state index in [4.69, 9.17) is 4.74 Å². The van der Waals surface area contributed by atoms with Crippen molar-refractivity contribution in [3.63, 3.8) is 0 Å². The van der Waals surface area contributed by atoms with Crippen molar-refractivity contribution in [2.75, 3.05) is 26.0 Å². The minimum absolute atomic E-state index is 0.0216. The zero-order valence-electron chi connectivity index (χ0n) is 21.8. The van der Waals surface area contributed by atoms with Gasteiger partial charge in [0.15, 0.2) is 9.84 Å². The SMILES string of the molecule is CC(C)(CN(CCCOc1ccc(CO)c(S(C)(=O)=O)c1)Cc1cccc(C(F)(F)F)c1)c1ccccc1. The summed E-state index contributed by atoms with van der Waals surface area (Å²) in [4.78, 5) is 2.14. The number of hydrogen-bond acceptors (Lipinski definition) is 5. The number of aliphatic hydroxyl groups is 1. The number of alkyl halides is 3. The van der Waals surface area contributed by atoms with Gasteiger partial charge in [0, 0.05) is 31.3 Å². The van der Waals surface area contributed by atoms with Gasteiger partial charge in [0.25, 0.3) is 0 Å². The average Bonchev–Trinajstić information content (AvgIpc) is 2.86. The van der Waals surface area contributed by atoms with E-state index in [-0.39, 0.29) is 16.9 Å². The molecule has 0 saturated heterocycles. The lowest BCUT2D eigenvalue weighted by Crippen LogP contribution is -2.37. The first-order chi connectivity index (χ1) is 17.8. The van der Waals surface area contributed by atoms with E-state index in [0.29, 0.717) is 42.9 Å². The molecule has 3 aromatic rings. The molecular formula is C29H34F3NO4S. The van der Waals surface area contributed by atoms with Gasteiger partial charge in [-0.1, -0.05) is 68.4 Å². The maximum absolute atomic E-state index is 13.3. The van der Waals surface area contributed by atoms with Crippen LogP contribution in [0.1, 0.15) is 42.5 Å². The zero-order valence-corrected chi connectivity index (χ0v) is 22.6. The lowest BCUT2D eigenvalue weighted by molar-refractivity contribution is -0.137. The lowest BCUT2D eigenvalue weighted by Gasteiger charge is -2.33. The average molecular weight is 550 g/mol. The molecule has 0 saturated carbocycles. The maximum Gasteiger partial charge on any atom is 0.416 e. The van der Waals surface area contributed by atoms with Crippen molar-refractivity contribution in [2.45, 2.75) is 49.9 Å². The van der Waals surface area contributed by atoms with Crippen LogP contribution in [0.5, 0.6) is 5.75 Å². The molecule has 0 aliphatic heterocycles. The second-order valence-electron chi connectivity index (χ2n) is 10.1. The third-order valence-electron chi connectivity index (χ3n) is 6.33. The highest BCUT2D eigenvalue weighted by Gasteiger charge is 2.31. The number of hydrogen-bond donors (Lipinski definition) is 1. The van der Waals surface area contributed by atoms with E-state index in [9.17, 15) is 26.7 Å². The van der Waals surface area contributed by atoms with Crippen LogP contribution in [0.15, 0.2) is 77.7 Å². The van der Waals surface area contributed by atoms with Crippen LogP contribution in [0.4, 0.5) is 13.2 Å². The summed E-state index contributed by atoms with van der Waals surface area (Å²) < 4.78 is 69.7. The topological polar surface area (TPSA) is 66.8 Å². The van der Waals surface area contributed by atoms with Gasteiger partial charge in [0.2, 0.25) is 0 Å². The largest absolute Gasteiger partial charge is 0.494 e. The van der Waals surface area contributed by atoms with Crippen molar-refractivity contribution in [2.24, 2.45) is 0 Å². The first kappa shape index (κ1) is 29.7. The molecule has 38 heavy (non-hydrogen) atoms. The third kappa shape index (κ3) is 8.31. The molecular weight excluding hydrogens is 515 g/mol. The van der Waals surface area contributed by atoms with Gasteiger partial charge in [0.1, 0.15) is 5.75 Å². The van der Waals surface area contributed by atoms with Crippen LogP contribution in [-0.2, 0) is 34.6 Å². The summed E-state index contributed by atoms with van der Waals surface area (Å²) in [5, 5.41) is 9.43. The van der Waals surface area contributed by atoms with E-state index >= 15 is 0 Å². The summed E-state index contributed by atoms with van der Waals surface area (Å²) in [6, 6.07) is 19.9. The fourth-order valence-electron chi connectivity index (χ4n) is 4.44. The molecule has 0 atom stereocenters. The zero-order chi connectivity index (χ0) is 28.0. The van der Waals surface area contributed by atoms with Crippen LogP contribution >= 0.6 is 0 Å². The molecule has 5 nitrogen and oxygen atoms in total. The Kier molecular flexibility index (Phi) is 9.62. The number of rotatable bonds is 12.